The number of aromatic nitrogens is 2. The van der Waals surface area contributed by atoms with E-state index in [2.05, 4.69) is 36.2 Å². The summed E-state index contributed by atoms with van der Waals surface area (Å²) in [6, 6.07) is 11.5. The Kier molecular flexibility index (Phi) is 5.25. The van der Waals surface area contributed by atoms with Crippen molar-refractivity contribution in [2.75, 3.05) is 10.0 Å². The van der Waals surface area contributed by atoms with Crippen molar-refractivity contribution in [1.82, 2.24) is 10.2 Å². The first-order chi connectivity index (χ1) is 12.3. The minimum absolute atomic E-state index is 0.00649. The molecular weight excluding hydrogens is 448 g/mol. The largest absolute Gasteiger partial charge is 0.444 e. The Balaban J connectivity index is 1.71. The van der Waals surface area contributed by atoms with Gasteiger partial charge in [-0.25, -0.2) is 8.42 Å². The van der Waals surface area contributed by atoms with Crippen molar-refractivity contribution < 1.29 is 17.6 Å². The van der Waals surface area contributed by atoms with Crippen molar-refractivity contribution in [1.29, 1.82) is 0 Å². The summed E-state index contributed by atoms with van der Waals surface area (Å²) in [5.74, 6) is -0.299. The predicted molar refractivity (Wildman–Crippen MR) is 98.7 cm³/mol. The zero-order valence-corrected chi connectivity index (χ0v) is 16.0. The Morgan fingerprint density at radius 1 is 1.04 bits per heavy atom. The second-order valence-corrected chi connectivity index (χ2v) is 7.78. The van der Waals surface area contributed by atoms with Gasteiger partial charge in [0, 0.05) is 5.69 Å². The molecule has 0 fully saturated rings. The minimum atomic E-state index is -3.85. The van der Waals surface area contributed by atoms with Gasteiger partial charge >= 0.3 is 0 Å². The van der Waals surface area contributed by atoms with Crippen LogP contribution in [0.5, 0.6) is 0 Å². The van der Waals surface area contributed by atoms with Crippen molar-refractivity contribution in [3.8, 4) is 0 Å². The van der Waals surface area contributed by atoms with Gasteiger partial charge in [0.2, 0.25) is 0 Å². The molecule has 134 valence electrons. The van der Waals surface area contributed by atoms with Crippen LogP contribution in [0.1, 0.15) is 10.6 Å². The fraction of sp³-hybridized carbons (Fsp3) is 0. The fourth-order valence-corrected chi connectivity index (χ4v) is 3.32. The van der Waals surface area contributed by atoms with Crippen molar-refractivity contribution in [3.63, 3.8) is 0 Å². The number of halogens is 2. The number of anilines is 2. The van der Waals surface area contributed by atoms with Gasteiger partial charge in [0.15, 0.2) is 21.4 Å². The van der Waals surface area contributed by atoms with Gasteiger partial charge in [-0.15, -0.1) is 10.2 Å². The molecule has 1 aromatic carbocycles. The summed E-state index contributed by atoms with van der Waals surface area (Å²) in [4.78, 5) is 12.0. The van der Waals surface area contributed by atoms with Crippen LogP contribution >= 0.6 is 27.5 Å². The van der Waals surface area contributed by atoms with Crippen molar-refractivity contribution in [2.24, 2.45) is 0 Å². The van der Waals surface area contributed by atoms with Crippen molar-refractivity contribution in [3.05, 3.63) is 64.1 Å². The molecule has 2 N–H and O–H groups in total. The number of benzene rings is 1. The molecule has 0 aliphatic rings. The van der Waals surface area contributed by atoms with Crippen LogP contribution < -0.4 is 10.0 Å². The first-order valence-corrected chi connectivity index (χ1v) is 9.68. The highest BCUT2D eigenvalue weighted by molar-refractivity contribution is 9.10. The maximum Gasteiger partial charge on any atom is 0.291 e. The third-order valence-electron chi connectivity index (χ3n) is 3.09. The first-order valence-electron chi connectivity index (χ1n) is 7.02. The summed E-state index contributed by atoms with van der Waals surface area (Å²) in [7, 11) is -3.85. The third kappa shape index (κ3) is 4.40. The Labute approximate surface area is 161 Å². The number of carbonyl (C=O) groups is 1. The molecule has 2 heterocycles. The zero-order valence-electron chi connectivity index (χ0n) is 12.8. The van der Waals surface area contributed by atoms with Gasteiger partial charge in [-0.1, -0.05) is 11.6 Å². The molecule has 0 saturated carbocycles. The van der Waals surface area contributed by atoms with E-state index in [1.807, 2.05) is 0 Å². The van der Waals surface area contributed by atoms with Gasteiger partial charge in [0.25, 0.3) is 15.9 Å². The standard InChI is InChI=1S/C15H10BrClN4O4S/c16-12-6-5-11(25-12)15(22)18-9-1-3-10(4-2-9)26(23,24)21-14-8-7-13(17)19-20-14/h1-8H,(H,18,22)(H,20,21). The molecule has 8 nitrogen and oxygen atoms in total. The van der Waals surface area contributed by atoms with Gasteiger partial charge < -0.3 is 9.73 Å². The number of carbonyl (C=O) groups excluding carboxylic acids is 1. The SMILES string of the molecule is O=C(Nc1ccc(S(=O)(=O)Nc2ccc(Cl)nn2)cc1)c1ccc(Br)o1. The normalized spacial score (nSPS) is 11.2. The number of nitrogens with one attached hydrogen (secondary N) is 2. The maximum atomic E-state index is 12.3. The average molecular weight is 458 g/mol. The molecule has 0 atom stereocenters. The van der Waals surface area contributed by atoms with E-state index in [-0.39, 0.29) is 21.6 Å². The number of sulfonamides is 1. The number of amides is 1. The quantitative estimate of drug-likeness (QED) is 0.606. The third-order valence-corrected chi connectivity index (χ3v) is 5.09. The van der Waals surface area contributed by atoms with Gasteiger partial charge in [-0.05, 0) is 64.5 Å². The highest BCUT2D eigenvalue weighted by Gasteiger charge is 2.16. The van der Waals surface area contributed by atoms with Crippen LogP contribution in [-0.2, 0) is 10.0 Å². The molecular formula is C15H10BrClN4O4S. The molecule has 26 heavy (non-hydrogen) atoms. The van der Waals surface area contributed by atoms with E-state index in [4.69, 9.17) is 16.0 Å². The number of hydrogen-bond acceptors (Lipinski definition) is 6. The van der Waals surface area contributed by atoms with E-state index >= 15 is 0 Å². The van der Waals surface area contributed by atoms with E-state index in [0.717, 1.165) is 0 Å². The Morgan fingerprint density at radius 3 is 2.35 bits per heavy atom. The molecule has 0 saturated heterocycles. The summed E-state index contributed by atoms with van der Waals surface area (Å²) in [6.07, 6.45) is 0. The molecule has 0 radical (unpaired) electrons. The van der Waals surface area contributed by atoms with E-state index in [1.54, 1.807) is 6.07 Å². The highest BCUT2D eigenvalue weighted by atomic mass is 79.9. The average Bonchev–Trinajstić information content (AvgIpc) is 3.04. The Bertz CT molecular complexity index is 1040. The summed E-state index contributed by atoms with van der Waals surface area (Å²) in [6.45, 7) is 0. The predicted octanol–water partition coefficient (Wildman–Crippen LogP) is 3.54. The van der Waals surface area contributed by atoms with Crippen molar-refractivity contribution in [2.45, 2.75) is 4.90 Å². The Hall–Kier alpha value is -2.43. The van der Waals surface area contributed by atoms with Gasteiger partial charge in [-0.2, -0.15) is 0 Å². The van der Waals surface area contributed by atoms with Crippen LogP contribution in [0.25, 0.3) is 0 Å². The summed E-state index contributed by atoms with van der Waals surface area (Å²) < 4.78 is 32.5. The van der Waals surface area contributed by atoms with Crippen LogP contribution in [-0.4, -0.2) is 24.5 Å². The maximum absolute atomic E-state index is 12.3. The topological polar surface area (TPSA) is 114 Å². The molecule has 3 rings (SSSR count). The lowest BCUT2D eigenvalue weighted by Crippen LogP contribution is -2.15. The van der Waals surface area contributed by atoms with Crippen LogP contribution in [0.3, 0.4) is 0 Å². The lowest BCUT2D eigenvalue weighted by atomic mass is 10.3. The lowest BCUT2D eigenvalue weighted by Gasteiger charge is -2.08. The van der Waals surface area contributed by atoms with E-state index in [0.29, 0.717) is 10.4 Å². The number of hydrogen-bond donors (Lipinski definition) is 2. The molecule has 11 heteroatoms. The molecule has 0 spiro atoms. The molecule has 2 aromatic heterocycles. The smallest absolute Gasteiger partial charge is 0.291 e. The molecule has 0 aliphatic heterocycles. The second-order valence-electron chi connectivity index (χ2n) is 4.93. The Morgan fingerprint density at radius 2 is 1.77 bits per heavy atom. The van der Waals surface area contributed by atoms with Crippen LogP contribution in [0.4, 0.5) is 11.5 Å². The molecule has 0 unspecified atom stereocenters. The highest BCUT2D eigenvalue weighted by Crippen LogP contribution is 2.19. The van der Waals surface area contributed by atoms with Crippen LogP contribution in [0, 0.1) is 0 Å². The molecule has 3 aromatic rings. The molecule has 1 amide bonds. The van der Waals surface area contributed by atoms with Crippen molar-refractivity contribution >= 4 is 55.0 Å². The van der Waals surface area contributed by atoms with Gasteiger partial charge in [0.05, 0.1) is 4.90 Å². The molecule has 0 bridgehead atoms. The molecule has 0 aliphatic carbocycles. The fourth-order valence-electron chi connectivity index (χ4n) is 1.91. The zero-order chi connectivity index (χ0) is 18.7. The second kappa shape index (κ2) is 7.44. The van der Waals surface area contributed by atoms with E-state index in [9.17, 15) is 13.2 Å². The van der Waals surface area contributed by atoms with Gasteiger partial charge in [-0.3, -0.25) is 9.52 Å². The lowest BCUT2D eigenvalue weighted by molar-refractivity contribution is 0.0995. The summed E-state index contributed by atoms with van der Waals surface area (Å²) in [5, 5.41) is 9.95. The number of furan rings is 1. The first kappa shape index (κ1) is 18.4. The summed E-state index contributed by atoms with van der Waals surface area (Å²) in [5.41, 5.74) is 0.410. The van der Waals surface area contributed by atoms with E-state index < -0.39 is 15.9 Å². The number of rotatable bonds is 5. The van der Waals surface area contributed by atoms with Crippen LogP contribution in [0.2, 0.25) is 5.15 Å². The number of nitrogens with zero attached hydrogens (tertiary/aromatic N) is 2. The minimum Gasteiger partial charge on any atom is -0.444 e. The van der Waals surface area contributed by atoms with Crippen LogP contribution in [0.15, 0.2) is 62.5 Å². The summed E-state index contributed by atoms with van der Waals surface area (Å²) >= 11 is 8.72. The van der Waals surface area contributed by atoms with E-state index in [1.165, 1.54) is 42.5 Å². The monoisotopic (exact) mass is 456 g/mol. The van der Waals surface area contributed by atoms with Gasteiger partial charge in [0.1, 0.15) is 0 Å².